The van der Waals surface area contributed by atoms with Gasteiger partial charge >= 0.3 is 12.1 Å². The smallest absolute Gasteiger partial charge is 0.416 e. The van der Waals surface area contributed by atoms with Crippen molar-refractivity contribution in [3.8, 4) is 6.07 Å². The summed E-state index contributed by atoms with van der Waals surface area (Å²) in [4.78, 5) is 42.1. The number of nitriles is 1. The number of amides is 2. The number of nitrogens with zero attached hydrogens (tertiary/aromatic N) is 3. The van der Waals surface area contributed by atoms with Gasteiger partial charge in [0.1, 0.15) is 23.5 Å². The molecule has 0 N–H and O–H groups in total. The number of carbonyl (C=O) groups excluding carboxylic acids is 3. The minimum absolute atomic E-state index is 0.0364. The molecule has 0 bridgehead atoms. The Balaban J connectivity index is 1.67. The quantitative estimate of drug-likeness (QED) is 0.426. The number of ether oxygens (including phenoxy) is 1. The van der Waals surface area contributed by atoms with Gasteiger partial charge in [-0.25, -0.2) is 4.39 Å². The second-order valence-corrected chi connectivity index (χ2v) is 10.5. The van der Waals surface area contributed by atoms with E-state index in [2.05, 4.69) is 0 Å². The van der Waals surface area contributed by atoms with E-state index in [0.29, 0.717) is 5.56 Å². The third-order valence-electron chi connectivity index (χ3n) is 6.65. The summed E-state index contributed by atoms with van der Waals surface area (Å²) in [5, 5.41) is 9.02. The zero-order chi connectivity index (χ0) is 28.0. The maximum atomic E-state index is 14.8. The molecule has 1 aliphatic carbocycles. The summed E-state index contributed by atoms with van der Waals surface area (Å²) in [5.41, 5.74) is -2.93. The molecule has 0 aromatic heterocycles. The highest BCUT2D eigenvalue weighted by molar-refractivity contribution is 6.10. The van der Waals surface area contributed by atoms with E-state index in [-0.39, 0.29) is 30.6 Å². The number of piperazine rings is 1. The second-order valence-electron chi connectivity index (χ2n) is 10.5. The lowest BCUT2D eigenvalue weighted by molar-refractivity contribution is -0.178. The first kappa shape index (κ1) is 27.1. The number of benzene rings is 2. The minimum atomic E-state index is -4.53. The number of alkyl halides is 3. The Morgan fingerprint density at radius 2 is 1.74 bits per heavy atom. The first-order chi connectivity index (χ1) is 17.6. The lowest BCUT2D eigenvalue weighted by Gasteiger charge is -2.56. The predicted molar refractivity (Wildman–Crippen MR) is 127 cm³/mol. The maximum Gasteiger partial charge on any atom is 0.416 e. The zero-order valence-electron chi connectivity index (χ0n) is 20.9. The van der Waals surface area contributed by atoms with Crippen LogP contribution in [0.5, 0.6) is 0 Å². The Kier molecular flexibility index (Phi) is 6.72. The van der Waals surface area contributed by atoms with Gasteiger partial charge in [0.15, 0.2) is 0 Å². The van der Waals surface area contributed by atoms with Crippen LogP contribution in [0.15, 0.2) is 42.5 Å². The summed E-state index contributed by atoms with van der Waals surface area (Å²) < 4.78 is 59.2. The average molecular weight is 532 g/mol. The lowest BCUT2D eigenvalue weighted by atomic mass is 9.65. The van der Waals surface area contributed by atoms with Crippen molar-refractivity contribution >= 4 is 23.5 Å². The molecule has 1 spiro atoms. The SMILES string of the molecule is CC(C)(C)OC(=O)[C@H]1C[C@@]2(C1)C(=O)N(c1ccc(C#N)cc1F)CC(=O)N2Cc1ccc(C(F)(F)F)cc1. The van der Waals surface area contributed by atoms with Crippen molar-refractivity contribution in [2.75, 3.05) is 11.4 Å². The van der Waals surface area contributed by atoms with E-state index in [1.807, 2.05) is 0 Å². The molecule has 2 amide bonds. The first-order valence-electron chi connectivity index (χ1n) is 11.9. The van der Waals surface area contributed by atoms with Crippen LogP contribution in [-0.2, 0) is 31.8 Å². The molecule has 2 aromatic rings. The van der Waals surface area contributed by atoms with Crippen LogP contribution in [0.4, 0.5) is 23.2 Å². The van der Waals surface area contributed by atoms with Gasteiger partial charge in [0.25, 0.3) is 5.91 Å². The summed E-state index contributed by atoms with van der Waals surface area (Å²) in [6.45, 7) is 4.40. The van der Waals surface area contributed by atoms with E-state index in [0.717, 1.165) is 23.1 Å². The number of esters is 1. The summed E-state index contributed by atoms with van der Waals surface area (Å²) in [5.74, 6) is -3.28. The number of halogens is 4. The molecule has 200 valence electrons. The van der Waals surface area contributed by atoms with Crippen molar-refractivity contribution in [1.82, 2.24) is 4.90 Å². The fraction of sp³-hybridized carbons (Fsp3) is 0.407. The van der Waals surface area contributed by atoms with Gasteiger partial charge in [-0.3, -0.25) is 19.3 Å². The fourth-order valence-corrected chi connectivity index (χ4v) is 4.81. The Hall–Kier alpha value is -3.94. The topological polar surface area (TPSA) is 90.7 Å². The molecule has 2 aliphatic rings. The normalized spacial score (nSPS) is 21.8. The minimum Gasteiger partial charge on any atom is -0.460 e. The zero-order valence-corrected chi connectivity index (χ0v) is 20.9. The average Bonchev–Trinajstić information content (AvgIpc) is 2.79. The van der Waals surface area contributed by atoms with Crippen LogP contribution in [0.2, 0.25) is 0 Å². The molecule has 4 rings (SSSR count). The molecule has 0 atom stereocenters. The number of carbonyl (C=O) groups is 3. The molecule has 38 heavy (non-hydrogen) atoms. The third-order valence-corrected chi connectivity index (χ3v) is 6.65. The van der Waals surface area contributed by atoms with Gasteiger partial charge < -0.3 is 9.64 Å². The van der Waals surface area contributed by atoms with Gasteiger partial charge in [-0.2, -0.15) is 18.4 Å². The van der Waals surface area contributed by atoms with E-state index in [1.54, 1.807) is 26.8 Å². The van der Waals surface area contributed by atoms with Gasteiger partial charge in [0.05, 0.1) is 28.8 Å². The van der Waals surface area contributed by atoms with E-state index in [4.69, 9.17) is 10.00 Å². The monoisotopic (exact) mass is 531 g/mol. The van der Waals surface area contributed by atoms with Crippen molar-refractivity contribution in [1.29, 1.82) is 5.26 Å². The van der Waals surface area contributed by atoms with E-state index in [9.17, 15) is 31.9 Å². The number of anilines is 1. The second kappa shape index (κ2) is 9.42. The Morgan fingerprint density at radius 1 is 1.11 bits per heavy atom. The molecule has 1 heterocycles. The van der Waals surface area contributed by atoms with Crippen LogP contribution in [0.25, 0.3) is 0 Å². The molecular formula is C27H25F4N3O4. The van der Waals surface area contributed by atoms with Gasteiger partial charge in [-0.05, 0) is 69.5 Å². The maximum absolute atomic E-state index is 14.8. The van der Waals surface area contributed by atoms with Crippen LogP contribution in [-0.4, -0.2) is 40.4 Å². The molecule has 0 unspecified atom stereocenters. The van der Waals surface area contributed by atoms with Crippen molar-refractivity contribution in [2.45, 2.75) is 57.5 Å². The summed E-state index contributed by atoms with van der Waals surface area (Å²) in [6.07, 6.45) is -4.69. The molecule has 2 fully saturated rings. The molecule has 2 aromatic carbocycles. The molecule has 1 saturated heterocycles. The predicted octanol–water partition coefficient (Wildman–Crippen LogP) is 4.58. The van der Waals surface area contributed by atoms with E-state index < -0.39 is 58.9 Å². The Bertz CT molecular complexity index is 1320. The van der Waals surface area contributed by atoms with E-state index >= 15 is 0 Å². The lowest BCUT2D eigenvalue weighted by Crippen LogP contribution is -2.73. The van der Waals surface area contributed by atoms with Crippen molar-refractivity contribution < 1.29 is 36.7 Å². The van der Waals surface area contributed by atoms with Crippen LogP contribution >= 0.6 is 0 Å². The summed E-state index contributed by atoms with van der Waals surface area (Å²) in [6, 6.07) is 9.55. The number of hydrogen-bond acceptors (Lipinski definition) is 5. The third kappa shape index (κ3) is 5.08. The Labute approximate surface area is 216 Å². The van der Waals surface area contributed by atoms with Crippen molar-refractivity contribution in [3.05, 3.63) is 65.0 Å². The van der Waals surface area contributed by atoms with Crippen LogP contribution < -0.4 is 4.90 Å². The van der Waals surface area contributed by atoms with Gasteiger partial charge in [-0.1, -0.05) is 12.1 Å². The van der Waals surface area contributed by atoms with Crippen LogP contribution in [0.3, 0.4) is 0 Å². The summed E-state index contributed by atoms with van der Waals surface area (Å²) in [7, 11) is 0. The van der Waals surface area contributed by atoms with Gasteiger partial charge in [-0.15, -0.1) is 0 Å². The largest absolute Gasteiger partial charge is 0.460 e. The molecule has 11 heteroatoms. The van der Waals surface area contributed by atoms with Crippen molar-refractivity contribution in [2.24, 2.45) is 5.92 Å². The molecule has 1 aliphatic heterocycles. The van der Waals surface area contributed by atoms with E-state index in [1.165, 1.54) is 29.2 Å². The van der Waals surface area contributed by atoms with Gasteiger partial charge in [0, 0.05) is 6.54 Å². The molecule has 0 radical (unpaired) electrons. The number of rotatable bonds is 4. The highest BCUT2D eigenvalue weighted by Gasteiger charge is 2.62. The Morgan fingerprint density at radius 3 is 2.26 bits per heavy atom. The fourth-order valence-electron chi connectivity index (χ4n) is 4.81. The molecule has 1 saturated carbocycles. The highest BCUT2D eigenvalue weighted by atomic mass is 19.4. The van der Waals surface area contributed by atoms with Crippen LogP contribution in [0.1, 0.15) is 50.3 Å². The summed E-state index contributed by atoms with van der Waals surface area (Å²) >= 11 is 0. The van der Waals surface area contributed by atoms with Crippen molar-refractivity contribution in [3.63, 3.8) is 0 Å². The highest BCUT2D eigenvalue weighted by Crippen LogP contribution is 2.48. The van der Waals surface area contributed by atoms with Gasteiger partial charge in [0.2, 0.25) is 5.91 Å². The standard InChI is InChI=1S/C27H25F4N3O4/c1-25(2,3)38-23(36)18-11-26(12-18)24(37)33(21-9-6-17(13-32)10-20(21)28)15-22(35)34(26)14-16-4-7-19(8-5-16)27(29,30)31/h4-10,18H,11-12,14-15H2,1-3H3/t18-,26+. The molecule has 7 nitrogen and oxygen atoms in total. The first-order valence-corrected chi connectivity index (χ1v) is 11.9. The van der Waals surface area contributed by atoms with Crippen LogP contribution in [0, 0.1) is 23.1 Å². The number of hydrogen-bond donors (Lipinski definition) is 0. The molecular weight excluding hydrogens is 506 g/mol.